The molecule has 1 saturated heterocycles. The predicted octanol–water partition coefficient (Wildman–Crippen LogP) is 2.21. The molecule has 2 heterocycles. The summed E-state index contributed by atoms with van der Waals surface area (Å²) >= 11 is 2.02. The molecule has 1 aromatic rings. The van der Waals surface area contributed by atoms with Crippen LogP contribution in [0, 0.1) is 0 Å². The van der Waals surface area contributed by atoms with E-state index in [0.717, 1.165) is 18.9 Å². The molecule has 0 bridgehead atoms. The lowest BCUT2D eigenvalue weighted by atomic mass is 10.3. The fraction of sp³-hybridized carbons (Fsp3) is 0.700. The molecule has 1 aliphatic heterocycles. The van der Waals surface area contributed by atoms with Gasteiger partial charge in [-0.1, -0.05) is 6.92 Å². The van der Waals surface area contributed by atoms with Crippen LogP contribution < -0.4 is 5.32 Å². The molecule has 0 aliphatic carbocycles. The van der Waals surface area contributed by atoms with Crippen molar-refractivity contribution in [3.8, 4) is 0 Å². The van der Waals surface area contributed by atoms with E-state index in [0.29, 0.717) is 6.04 Å². The molecule has 1 aromatic heterocycles. The van der Waals surface area contributed by atoms with Gasteiger partial charge in [0.15, 0.2) is 0 Å². The lowest BCUT2D eigenvalue weighted by molar-refractivity contribution is 0.671. The minimum atomic E-state index is 0.623. The normalized spacial score (nSPS) is 21.4. The van der Waals surface area contributed by atoms with Gasteiger partial charge in [0.2, 0.25) is 5.95 Å². The molecule has 0 amide bonds. The largest absolute Gasteiger partial charge is 0.352 e. The second-order valence-electron chi connectivity index (χ2n) is 3.65. The Hall–Kier alpha value is -0.640. The molecule has 4 heteroatoms. The van der Waals surface area contributed by atoms with Crippen molar-refractivity contribution < 1.29 is 0 Å². The van der Waals surface area contributed by atoms with Gasteiger partial charge in [0.25, 0.3) is 0 Å². The van der Waals surface area contributed by atoms with Crippen LogP contribution in [-0.4, -0.2) is 27.1 Å². The van der Waals surface area contributed by atoms with E-state index in [1.807, 2.05) is 24.2 Å². The van der Waals surface area contributed by atoms with Crippen molar-refractivity contribution >= 4 is 17.7 Å². The minimum absolute atomic E-state index is 0.623. The maximum absolute atomic E-state index is 4.34. The number of hydrogen-bond donors (Lipinski definition) is 1. The van der Waals surface area contributed by atoms with Crippen LogP contribution in [0.1, 0.15) is 19.8 Å². The zero-order valence-electron chi connectivity index (χ0n) is 8.57. The highest BCUT2D eigenvalue weighted by molar-refractivity contribution is 7.99. The number of thioether (sulfide) groups is 1. The summed E-state index contributed by atoms with van der Waals surface area (Å²) in [6.07, 6.45) is 6.35. The smallest absolute Gasteiger partial charge is 0.203 e. The molecule has 1 unspecified atom stereocenters. The molecule has 0 radical (unpaired) electrons. The molecular weight excluding hydrogens is 194 g/mol. The Morgan fingerprint density at radius 2 is 2.64 bits per heavy atom. The predicted molar refractivity (Wildman–Crippen MR) is 61.9 cm³/mol. The third-order valence-electron chi connectivity index (χ3n) is 2.44. The molecule has 3 nitrogen and oxygen atoms in total. The first-order chi connectivity index (χ1) is 6.90. The van der Waals surface area contributed by atoms with Crippen molar-refractivity contribution in [2.75, 3.05) is 16.8 Å². The molecule has 0 saturated carbocycles. The first kappa shape index (κ1) is 9.90. The van der Waals surface area contributed by atoms with Crippen molar-refractivity contribution in [1.29, 1.82) is 0 Å². The third-order valence-corrected chi connectivity index (χ3v) is 3.61. The van der Waals surface area contributed by atoms with Crippen LogP contribution in [0.15, 0.2) is 12.4 Å². The number of nitrogens with zero attached hydrogens (tertiary/aromatic N) is 2. The summed E-state index contributed by atoms with van der Waals surface area (Å²) in [6, 6.07) is 0.623. The molecule has 1 atom stereocenters. The maximum Gasteiger partial charge on any atom is 0.203 e. The monoisotopic (exact) mass is 211 g/mol. The Balaban J connectivity index is 1.96. The zero-order chi connectivity index (χ0) is 9.80. The van der Waals surface area contributed by atoms with Crippen LogP contribution in [0.5, 0.6) is 0 Å². The van der Waals surface area contributed by atoms with Gasteiger partial charge < -0.3 is 9.88 Å². The summed E-state index contributed by atoms with van der Waals surface area (Å²) < 4.78 is 2.20. The second-order valence-corrected chi connectivity index (χ2v) is 4.80. The fourth-order valence-corrected chi connectivity index (χ4v) is 2.85. The fourth-order valence-electron chi connectivity index (χ4n) is 1.70. The van der Waals surface area contributed by atoms with Crippen molar-refractivity contribution in [3.05, 3.63) is 12.4 Å². The van der Waals surface area contributed by atoms with Gasteiger partial charge in [0, 0.05) is 30.7 Å². The van der Waals surface area contributed by atoms with E-state index in [1.165, 1.54) is 17.9 Å². The number of imidazole rings is 1. The van der Waals surface area contributed by atoms with Crippen molar-refractivity contribution in [1.82, 2.24) is 9.55 Å². The number of aryl methyl sites for hydroxylation is 1. The minimum Gasteiger partial charge on any atom is -0.352 e. The Kier molecular flexibility index (Phi) is 3.35. The Morgan fingerprint density at radius 3 is 3.36 bits per heavy atom. The van der Waals surface area contributed by atoms with Crippen molar-refractivity contribution in [2.24, 2.45) is 0 Å². The second kappa shape index (κ2) is 4.73. The molecule has 0 aromatic carbocycles. The van der Waals surface area contributed by atoms with E-state index in [4.69, 9.17) is 0 Å². The number of anilines is 1. The summed E-state index contributed by atoms with van der Waals surface area (Å²) in [5.41, 5.74) is 0. The van der Waals surface area contributed by atoms with Crippen LogP contribution in [0.4, 0.5) is 5.95 Å². The molecule has 1 aliphatic rings. The van der Waals surface area contributed by atoms with Crippen LogP contribution >= 0.6 is 11.8 Å². The quantitative estimate of drug-likeness (QED) is 0.828. The lowest BCUT2D eigenvalue weighted by Gasteiger charge is -2.13. The maximum atomic E-state index is 4.34. The van der Waals surface area contributed by atoms with Crippen molar-refractivity contribution in [2.45, 2.75) is 32.4 Å². The van der Waals surface area contributed by atoms with E-state index in [-0.39, 0.29) is 0 Å². The summed E-state index contributed by atoms with van der Waals surface area (Å²) in [4.78, 5) is 4.34. The number of nitrogens with one attached hydrogen (secondary N) is 1. The SMILES string of the molecule is CCCn1ccnc1NC1CCSC1. The molecule has 1 N–H and O–H groups in total. The Bertz CT molecular complexity index is 279. The lowest BCUT2D eigenvalue weighted by Crippen LogP contribution is -2.21. The highest BCUT2D eigenvalue weighted by Gasteiger charge is 2.16. The molecule has 78 valence electrons. The number of rotatable bonds is 4. The van der Waals surface area contributed by atoms with Gasteiger partial charge in [-0.15, -0.1) is 0 Å². The first-order valence-electron chi connectivity index (χ1n) is 5.25. The van der Waals surface area contributed by atoms with Crippen LogP contribution in [-0.2, 0) is 6.54 Å². The number of aromatic nitrogens is 2. The molecule has 14 heavy (non-hydrogen) atoms. The third kappa shape index (κ3) is 2.23. The van der Waals surface area contributed by atoms with Crippen molar-refractivity contribution in [3.63, 3.8) is 0 Å². The number of hydrogen-bond acceptors (Lipinski definition) is 3. The van der Waals surface area contributed by atoms with E-state index in [9.17, 15) is 0 Å². The summed E-state index contributed by atoms with van der Waals surface area (Å²) in [5.74, 6) is 3.55. The van der Waals surface area contributed by atoms with E-state index in [1.54, 1.807) is 0 Å². The molecule has 1 fully saturated rings. The van der Waals surface area contributed by atoms with E-state index >= 15 is 0 Å². The highest BCUT2D eigenvalue weighted by atomic mass is 32.2. The summed E-state index contributed by atoms with van der Waals surface area (Å²) in [7, 11) is 0. The van der Waals surface area contributed by atoms with Gasteiger partial charge in [-0.3, -0.25) is 0 Å². The highest BCUT2D eigenvalue weighted by Crippen LogP contribution is 2.20. The Labute approximate surface area is 89.3 Å². The van der Waals surface area contributed by atoms with Crippen LogP contribution in [0.25, 0.3) is 0 Å². The van der Waals surface area contributed by atoms with Gasteiger partial charge in [-0.25, -0.2) is 4.98 Å². The van der Waals surface area contributed by atoms with Crippen LogP contribution in [0.3, 0.4) is 0 Å². The van der Waals surface area contributed by atoms with Gasteiger partial charge >= 0.3 is 0 Å². The van der Waals surface area contributed by atoms with E-state index in [2.05, 4.69) is 21.8 Å². The van der Waals surface area contributed by atoms with Gasteiger partial charge in [-0.05, 0) is 18.6 Å². The zero-order valence-corrected chi connectivity index (χ0v) is 9.39. The average molecular weight is 211 g/mol. The average Bonchev–Trinajstić information content (AvgIpc) is 2.80. The first-order valence-corrected chi connectivity index (χ1v) is 6.41. The summed E-state index contributed by atoms with van der Waals surface area (Å²) in [6.45, 7) is 3.25. The summed E-state index contributed by atoms with van der Waals surface area (Å²) in [5, 5.41) is 3.51. The van der Waals surface area contributed by atoms with Gasteiger partial charge in [0.1, 0.15) is 0 Å². The van der Waals surface area contributed by atoms with Gasteiger partial charge in [0.05, 0.1) is 0 Å². The Morgan fingerprint density at radius 1 is 1.71 bits per heavy atom. The molecule has 0 spiro atoms. The standard InChI is InChI=1S/C10H17N3S/c1-2-5-13-6-4-11-10(13)12-9-3-7-14-8-9/h4,6,9H,2-3,5,7-8H2,1H3,(H,11,12). The van der Waals surface area contributed by atoms with Crippen LogP contribution in [0.2, 0.25) is 0 Å². The molecular formula is C10H17N3S. The van der Waals surface area contributed by atoms with E-state index < -0.39 is 0 Å². The van der Waals surface area contributed by atoms with Gasteiger partial charge in [-0.2, -0.15) is 11.8 Å². The molecule has 2 rings (SSSR count). The topological polar surface area (TPSA) is 29.9 Å².